The Morgan fingerprint density at radius 1 is 1.23 bits per heavy atom. The van der Waals surface area contributed by atoms with Crippen molar-refractivity contribution in [3.8, 4) is 0 Å². The molecule has 0 spiro atoms. The number of fused-ring (bicyclic) bond motifs is 2. The molecule has 0 radical (unpaired) electrons. The number of hydrogen-bond donors (Lipinski definition) is 1. The molecule has 1 saturated carbocycles. The Hall–Kier alpha value is -2.36. The quantitative estimate of drug-likeness (QED) is 0.653. The number of alkyl carbamates (subject to hydrolysis) is 1. The van der Waals surface area contributed by atoms with Gasteiger partial charge in [-0.1, -0.05) is 13.3 Å². The second-order valence-corrected chi connectivity index (χ2v) is 9.68. The average molecular weight is 436 g/mol. The normalized spacial score (nSPS) is 27.9. The molecule has 3 fully saturated rings. The van der Waals surface area contributed by atoms with Gasteiger partial charge in [0.1, 0.15) is 11.6 Å². The summed E-state index contributed by atoms with van der Waals surface area (Å²) < 4.78 is 11.3. The molecule has 1 aliphatic carbocycles. The molecule has 0 aromatic carbocycles. The van der Waals surface area contributed by atoms with Crippen LogP contribution in [-0.4, -0.2) is 63.1 Å². The summed E-state index contributed by atoms with van der Waals surface area (Å²) in [7, 11) is 0. The summed E-state index contributed by atoms with van der Waals surface area (Å²) in [4.78, 5) is 32.2. The smallest absolute Gasteiger partial charge is 0.407 e. The summed E-state index contributed by atoms with van der Waals surface area (Å²) in [6.45, 7) is 8.79. The van der Waals surface area contributed by atoms with E-state index in [1.807, 2.05) is 20.8 Å². The molecule has 1 aromatic rings. The minimum absolute atomic E-state index is 0.0413. The number of amides is 3. The number of aromatic nitrogens is 2. The van der Waals surface area contributed by atoms with Crippen molar-refractivity contribution in [3.63, 3.8) is 0 Å². The summed E-state index contributed by atoms with van der Waals surface area (Å²) in [6, 6.07) is -0.192. The lowest BCUT2D eigenvalue weighted by Gasteiger charge is -2.34. The van der Waals surface area contributed by atoms with E-state index >= 15 is 0 Å². The molecule has 2 bridgehead atoms. The van der Waals surface area contributed by atoms with Gasteiger partial charge in [-0.05, 0) is 52.9 Å². The number of piperidine rings is 1. The van der Waals surface area contributed by atoms with Crippen molar-refractivity contribution >= 4 is 12.1 Å². The van der Waals surface area contributed by atoms with Crippen molar-refractivity contribution in [2.24, 2.45) is 0 Å². The van der Waals surface area contributed by atoms with Crippen LogP contribution < -0.4 is 5.32 Å². The lowest BCUT2D eigenvalue weighted by molar-refractivity contribution is -0.130. The second-order valence-electron chi connectivity index (χ2n) is 9.68. The standard InChI is InChI=1S/C21H33N5O5/c1-5-6-9-29-26-15-7-8-16(25(12-15)20(26)28)18-24-23-17(30-18)13-10-14(11-13)22-19(27)31-21(2,3)4/h13-16H,5-12H2,1-4H3,(H,22,27)/t13-,14+,15-,16-/m0/s1. The fourth-order valence-electron chi connectivity index (χ4n) is 4.32. The lowest BCUT2D eigenvalue weighted by atomic mass is 9.80. The van der Waals surface area contributed by atoms with Crippen LogP contribution in [0.25, 0.3) is 0 Å². The van der Waals surface area contributed by atoms with Gasteiger partial charge in [-0.15, -0.1) is 10.2 Å². The maximum Gasteiger partial charge on any atom is 0.407 e. The zero-order valence-electron chi connectivity index (χ0n) is 18.8. The van der Waals surface area contributed by atoms with E-state index < -0.39 is 11.7 Å². The van der Waals surface area contributed by atoms with Gasteiger partial charge in [0.2, 0.25) is 11.8 Å². The number of nitrogens with zero attached hydrogens (tertiary/aromatic N) is 4. The van der Waals surface area contributed by atoms with E-state index in [4.69, 9.17) is 14.0 Å². The van der Waals surface area contributed by atoms with Crippen LogP contribution in [0.4, 0.5) is 9.59 Å². The average Bonchev–Trinajstić information content (AvgIpc) is 3.23. The molecule has 10 nitrogen and oxygen atoms in total. The maximum absolute atomic E-state index is 12.8. The number of hydroxylamine groups is 2. The first-order valence-corrected chi connectivity index (χ1v) is 11.3. The fourth-order valence-corrected chi connectivity index (χ4v) is 4.32. The summed E-state index contributed by atoms with van der Waals surface area (Å²) in [5.41, 5.74) is -0.517. The van der Waals surface area contributed by atoms with Crippen LogP contribution in [0.3, 0.4) is 0 Å². The molecule has 2 atom stereocenters. The van der Waals surface area contributed by atoms with Crippen LogP contribution in [0.2, 0.25) is 0 Å². The molecule has 1 aromatic heterocycles. The van der Waals surface area contributed by atoms with E-state index in [-0.39, 0.29) is 30.1 Å². The van der Waals surface area contributed by atoms with Crippen LogP contribution in [0.1, 0.15) is 90.0 Å². The highest BCUT2D eigenvalue weighted by molar-refractivity contribution is 5.77. The van der Waals surface area contributed by atoms with Crippen molar-refractivity contribution in [2.45, 2.75) is 95.9 Å². The Balaban J connectivity index is 1.30. The van der Waals surface area contributed by atoms with Crippen LogP contribution in [0, 0.1) is 0 Å². The lowest BCUT2D eigenvalue weighted by Crippen LogP contribution is -2.45. The number of urea groups is 1. The SMILES string of the molecule is CCCCON1C(=O)N2C[C@@H]1CC[C@H]2c1nnc([C@H]2C[C@@H](NC(=O)OC(C)(C)C)C2)o1. The highest BCUT2D eigenvalue weighted by Crippen LogP contribution is 2.41. The molecule has 10 heteroatoms. The predicted molar refractivity (Wildman–Crippen MR) is 110 cm³/mol. The van der Waals surface area contributed by atoms with Gasteiger partial charge >= 0.3 is 12.1 Å². The van der Waals surface area contributed by atoms with Crippen molar-refractivity contribution in [3.05, 3.63) is 11.8 Å². The predicted octanol–water partition coefficient (Wildman–Crippen LogP) is 3.51. The highest BCUT2D eigenvalue weighted by Gasteiger charge is 2.48. The van der Waals surface area contributed by atoms with Crippen LogP contribution in [-0.2, 0) is 9.57 Å². The summed E-state index contributed by atoms with van der Waals surface area (Å²) >= 11 is 0. The molecule has 1 N–H and O–H groups in total. The monoisotopic (exact) mass is 435 g/mol. The van der Waals surface area contributed by atoms with E-state index in [2.05, 4.69) is 22.4 Å². The minimum Gasteiger partial charge on any atom is -0.444 e. The van der Waals surface area contributed by atoms with E-state index in [1.165, 1.54) is 5.06 Å². The number of ether oxygens (including phenoxy) is 1. The van der Waals surface area contributed by atoms with Gasteiger partial charge < -0.3 is 19.4 Å². The van der Waals surface area contributed by atoms with Gasteiger partial charge in [-0.3, -0.25) is 4.84 Å². The zero-order chi connectivity index (χ0) is 22.2. The number of carbonyl (C=O) groups excluding carboxylic acids is 2. The molecule has 2 saturated heterocycles. The van der Waals surface area contributed by atoms with Crippen LogP contribution >= 0.6 is 0 Å². The Morgan fingerprint density at radius 3 is 2.68 bits per heavy atom. The Morgan fingerprint density at radius 2 is 1.97 bits per heavy atom. The van der Waals surface area contributed by atoms with Gasteiger partial charge in [-0.2, -0.15) is 5.06 Å². The maximum atomic E-state index is 12.8. The first kappa shape index (κ1) is 21.9. The number of rotatable bonds is 7. The third kappa shape index (κ3) is 4.78. The molecule has 172 valence electrons. The van der Waals surface area contributed by atoms with Gasteiger partial charge in [0, 0.05) is 18.5 Å². The Labute approximate surface area is 182 Å². The van der Waals surface area contributed by atoms with Crippen LogP contribution in [0.5, 0.6) is 0 Å². The zero-order valence-corrected chi connectivity index (χ0v) is 18.8. The second kappa shape index (κ2) is 8.64. The Bertz CT molecular complexity index is 800. The first-order valence-electron chi connectivity index (χ1n) is 11.3. The largest absolute Gasteiger partial charge is 0.444 e. The summed E-state index contributed by atoms with van der Waals surface area (Å²) in [6.07, 6.45) is 4.64. The molecule has 3 heterocycles. The first-order chi connectivity index (χ1) is 14.7. The van der Waals surface area contributed by atoms with Crippen LogP contribution in [0.15, 0.2) is 4.42 Å². The molecular weight excluding hydrogens is 402 g/mol. The topological polar surface area (TPSA) is 110 Å². The van der Waals surface area contributed by atoms with E-state index in [0.717, 1.165) is 38.5 Å². The summed E-state index contributed by atoms with van der Waals surface area (Å²) in [5, 5.41) is 12.9. The molecule has 2 aliphatic heterocycles. The third-order valence-corrected chi connectivity index (χ3v) is 6.00. The van der Waals surface area contributed by atoms with Crippen molar-refractivity contribution < 1.29 is 23.6 Å². The molecular formula is C21H33N5O5. The van der Waals surface area contributed by atoms with Crippen molar-refractivity contribution in [1.82, 2.24) is 25.5 Å². The molecule has 4 rings (SSSR count). The third-order valence-electron chi connectivity index (χ3n) is 6.00. The van der Waals surface area contributed by atoms with E-state index in [0.29, 0.717) is 24.9 Å². The molecule has 0 unspecified atom stereocenters. The van der Waals surface area contributed by atoms with Gasteiger partial charge in [0.05, 0.1) is 12.6 Å². The van der Waals surface area contributed by atoms with Gasteiger partial charge in [0.15, 0.2) is 0 Å². The van der Waals surface area contributed by atoms with Gasteiger partial charge in [0.25, 0.3) is 0 Å². The number of unbranched alkanes of at least 4 members (excludes halogenated alkanes) is 1. The number of carbonyl (C=O) groups is 2. The van der Waals surface area contributed by atoms with Crippen molar-refractivity contribution in [2.75, 3.05) is 13.2 Å². The van der Waals surface area contributed by atoms with E-state index in [1.54, 1.807) is 4.90 Å². The fraction of sp³-hybridized carbons (Fsp3) is 0.810. The van der Waals surface area contributed by atoms with E-state index in [9.17, 15) is 9.59 Å². The van der Waals surface area contributed by atoms with Gasteiger partial charge in [-0.25, -0.2) is 9.59 Å². The minimum atomic E-state index is -0.517. The molecule has 3 amide bonds. The number of hydrogen-bond acceptors (Lipinski definition) is 7. The highest BCUT2D eigenvalue weighted by atomic mass is 16.7. The summed E-state index contributed by atoms with van der Waals surface area (Å²) in [5.74, 6) is 1.17. The van der Waals surface area contributed by atoms with Crippen molar-refractivity contribution in [1.29, 1.82) is 0 Å². The Kier molecular flexibility index (Phi) is 6.09. The molecule has 3 aliphatic rings. The number of nitrogens with one attached hydrogen (secondary N) is 1. The molecule has 31 heavy (non-hydrogen) atoms.